The number of anilines is 2. The fourth-order valence-corrected chi connectivity index (χ4v) is 3.81. The van der Waals surface area contributed by atoms with Crippen molar-refractivity contribution >= 4 is 23.2 Å². The molecular formula is C25H26N4O2. The van der Waals surface area contributed by atoms with Crippen molar-refractivity contribution in [1.82, 2.24) is 10.3 Å². The van der Waals surface area contributed by atoms with Crippen LogP contribution in [0.15, 0.2) is 66.9 Å². The first-order chi connectivity index (χ1) is 14.9. The van der Waals surface area contributed by atoms with E-state index < -0.39 is 6.04 Å². The number of hydrogen-bond acceptors (Lipinski definition) is 4. The molecule has 158 valence electrons. The van der Waals surface area contributed by atoms with Gasteiger partial charge in [-0.1, -0.05) is 29.8 Å². The van der Waals surface area contributed by atoms with Crippen LogP contribution in [-0.4, -0.2) is 30.9 Å². The Labute approximate surface area is 182 Å². The number of aryl methyl sites for hydroxylation is 1. The Balaban J connectivity index is 1.50. The molecule has 0 fully saturated rings. The zero-order chi connectivity index (χ0) is 22.0. The molecule has 0 saturated heterocycles. The largest absolute Gasteiger partial charge is 0.378 e. The van der Waals surface area contributed by atoms with E-state index in [9.17, 15) is 9.59 Å². The first kappa shape index (κ1) is 20.6. The SMILES string of the molecule is Cc1ccc(N2C(=O)c3cccnc3C2CC(=O)NCc2ccc(N(C)C)cc2)cc1. The maximum Gasteiger partial charge on any atom is 0.260 e. The van der Waals surface area contributed by atoms with Crippen molar-refractivity contribution in [3.8, 4) is 0 Å². The minimum atomic E-state index is -0.428. The van der Waals surface area contributed by atoms with Gasteiger partial charge in [-0.3, -0.25) is 19.5 Å². The van der Waals surface area contributed by atoms with Crippen molar-refractivity contribution in [2.24, 2.45) is 0 Å². The molecule has 0 radical (unpaired) electrons. The number of nitrogens with one attached hydrogen (secondary N) is 1. The lowest BCUT2D eigenvalue weighted by Crippen LogP contribution is -2.33. The number of hydrogen-bond donors (Lipinski definition) is 1. The second kappa shape index (κ2) is 8.60. The van der Waals surface area contributed by atoms with Crippen molar-refractivity contribution in [3.05, 3.63) is 89.2 Å². The smallest absolute Gasteiger partial charge is 0.260 e. The highest BCUT2D eigenvalue weighted by Gasteiger charge is 2.39. The Morgan fingerprint density at radius 3 is 2.45 bits per heavy atom. The average Bonchev–Trinajstić information content (AvgIpc) is 3.05. The molecule has 1 N–H and O–H groups in total. The van der Waals surface area contributed by atoms with Crippen LogP contribution in [0.1, 0.15) is 39.6 Å². The van der Waals surface area contributed by atoms with E-state index in [1.165, 1.54) is 0 Å². The maximum atomic E-state index is 13.1. The quantitative estimate of drug-likeness (QED) is 0.665. The van der Waals surface area contributed by atoms with Crippen LogP contribution in [0.3, 0.4) is 0 Å². The normalized spacial score (nSPS) is 15.0. The van der Waals surface area contributed by atoms with Gasteiger partial charge in [0.25, 0.3) is 5.91 Å². The molecule has 3 aromatic rings. The molecule has 1 aliphatic heterocycles. The minimum Gasteiger partial charge on any atom is -0.378 e. The van der Waals surface area contributed by atoms with Crippen LogP contribution in [0.25, 0.3) is 0 Å². The Morgan fingerprint density at radius 1 is 1.06 bits per heavy atom. The molecule has 2 heterocycles. The van der Waals surface area contributed by atoms with Gasteiger partial charge in [0, 0.05) is 38.2 Å². The summed E-state index contributed by atoms with van der Waals surface area (Å²) in [7, 11) is 3.98. The third-order valence-electron chi connectivity index (χ3n) is 5.55. The minimum absolute atomic E-state index is 0.120. The Bertz CT molecular complexity index is 1090. The van der Waals surface area contributed by atoms with E-state index in [4.69, 9.17) is 0 Å². The first-order valence-corrected chi connectivity index (χ1v) is 10.3. The van der Waals surface area contributed by atoms with Crippen molar-refractivity contribution in [2.45, 2.75) is 25.9 Å². The Morgan fingerprint density at radius 2 is 1.77 bits per heavy atom. The van der Waals surface area contributed by atoms with E-state index in [0.717, 1.165) is 22.5 Å². The van der Waals surface area contributed by atoms with Crippen LogP contribution >= 0.6 is 0 Å². The number of fused-ring (bicyclic) bond motifs is 1. The summed E-state index contributed by atoms with van der Waals surface area (Å²) < 4.78 is 0. The summed E-state index contributed by atoms with van der Waals surface area (Å²) in [5, 5.41) is 2.98. The molecular weight excluding hydrogens is 388 g/mol. The number of carbonyl (C=O) groups is 2. The van der Waals surface area contributed by atoms with E-state index >= 15 is 0 Å². The zero-order valence-electron chi connectivity index (χ0n) is 18.0. The topological polar surface area (TPSA) is 65.5 Å². The van der Waals surface area contributed by atoms with Crippen molar-refractivity contribution in [2.75, 3.05) is 23.9 Å². The van der Waals surface area contributed by atoms with Crippen LogP contribution < -0.4 is 15.1 Å². The van der Waals surface area contributed by atoms with Crippen molar-refractivity contribution in [3.63, 3.8) is 0 Å². The van der Waals surface area contributed by atoms with E-state index in [2.05, 4.69) is 10.3 Å². The average molecular weight is 415 g/mol. The second-order valence-corrected chi connectivity index (χ2v) is 8.00. The molecule has 6 nitrogen and oxygen atoms in total. The van der Waals surface area contributed by atoms with Gasteiger partial charge in [-0.15, -0.1) is 0 Å². The lowest BCUT2D eigenvalue weighted by Gasteiger charge is -2.25. The van der Waals surface area contributed by atoms with E-state index in [1.807, 2.05) is 74.4 Å². The molecule has 1 aliphatic rings. The lowest BCUT2D eigenvalue weighted by atomic mass is 10.1. The molecule has 4 rings (SSSR count). The highest BCUT2D eigenvalue weighted by Crippen LogP contribution is 2.38. The van der Waals surface area contributed by atoms with Gasteiger partial charge in [0.15, 0.2) is 0 Å². The summed E-state index contributed by atoms with van der Waals surface area (Å²) in [6.07, 6.45) is 1.82. The molecule has 0 bridgehead atoms. The van der Waals surface area contributed by atoms with Crippen LogP contribution in [0, 0.1) is 6.92 Å². The van der Waals surface area contributed by atoms with Crippen LogP contribution in [-0.2, 0) is 11.3 Å². The number of aromatic nitrogens is 1. The second-order valence-electron chi connectivity index (χ2n) is 8.00. The molecule has 0 aliphatic carbocycles. The molecule has 1 atom stereocenters. The molecule has 2 amide bonds. The van der Waals surface area contributed by atoms with Gasteiger partial charge in [-0.2, -0.15) is 0 Å². The molecule has 31 heavy (non-hydrogen) atoms. The molecule has 0 spiro atoms. The maximum absolute atomic E-state index is 13.1. The van der Waals surface area contributed by atoms with E-state index in [1.54, 1.807) is 23.2 Å². The number of nitrogens with zero attached hydrogens (tertiary/aromatic N) is 3. The summed E-state index contributed by atoms with van der Waals surface area (Å²) in [4.78, 5) is 34.0. The highest BCUT2D eigenvalue weighted by atomic mass is 16.2. The van der Waals surface area contributed by atoms with Gasteiger partial charge in [0.05, 0.1) is 23.7 Å². The molecule has 6 heteroatoms. The number of carbonyl (C=O) groups excluding carboxylic acids is 2. The summed E-state index contributed by atoms with van der Waals surface area (Å²) in [6, 6.07) is 18.9. The van der Waals surface area contributed by atoms with Gasteiger partial charge < -0.3 is 10.2 Å². The third kappa shape index (κ3) is 4.28. The highest BCUT2D eigenvalue weighted by molar-refractivity contribution is 6.11. The van der Waals surface area contributed by atoms with E-state index in [0.29, 0.717) is 17.8 Å². The molecule has 1 aromatic heterocycles. The van der Waals surface area contributed by atoms with Crippen LogP contribution in [0.5, 0.6) is 0 Å². The number of rotatable bonds is 6. The van der Waals surface area contributed by atoms with Gasteiger partial charge in [0.1, 0.15) is 0 Å². The fourth-order valence-electron chi connectivity index (χ4n) is 3.81. The Kier molecular flexibility index (Phi) is 5.71. The predicted molar refractivity (Wildman–Crippen MR) is 122 cm³/mol. The summed E-state index contributed by atoms with van der Waals surface area (Å²) in [5.41, 5.74) is 5.22. The van der Waals surface area contributed by atoms with Crippen LogP contribution in [0.2, 0.25) is 0 Å². The number of amides is 2. The standard InChI is InChI=1S/C25H26N4O2/c1-17-6-10-20(11-7-17)29-22(24-21(25(29)31)5-4-14-26-24)15-23(30)27-16-18-8-12-19(13-9-18)28(2)3/h4-14,22H,15-16H2,1-3H3,(H,27,30). The van der Waals surface area contributed by atoms with Crippen molar-refractivity contribution in [1.29, 1.82) is 0 Å². The van der Waals surface area contributed by atoms with Gasteiger partial charge in [-0.25, -0.2) is 0 Å². The number of benzene rings is 2. The Hall–Kier alpha value is -3.67. The summed E-state index contributed by atoms with van der Waals surface area (Å²) >= 11 is 0. The fraction of sp³-hybridized carbons (Fsp3) is 0.240. The van der Waals surface area contributed by atoms with Gasteiger partial charge >= 0.3 is 0 Å². The first-order valence-electron chi connectivity index (χ1n) is 10.3. The van der Waals surface area contributed by atoms with Gasteiger partial charge in [-0.05, 0) is 48.9 Å². The predicted octanol–water partition coefficient (Wildman–Crippen LogP) is 3.86. The van der Waals surface area contributed by atoms with Crippen LogP contribution in [0.4, 0.5) is 11.4 Å². The summed E-state index contributed by atoms with van der Waals surface area (Å²) in [5.74, 6) is -0.242. The number of pyridine rings is 1. The molecule has 2 aromatic carbocycles. The zero-order valence-corrected chi connectivity index (χ0v) is 18.0. The van der Waals surface area contributed by atoms with E-state index in [-0.39, 0.29) is 18.2 Å². The molecule has 1 unspecified atom stereocenters. The molecule has 0 saturated carbocycles. The third-order valence-corrected chi connectivity index (χ3v) is 5.55. The van der Waals surface area contributed by atoms with Crippen molar-refractivity contribution < 1.29 is 9.59 Å². The monoisotopic (exact) mass is 414 g/mol. The lowest BCUT2D eigenvalue weighted by molar-refractivity contribution is -0.121. The van der Waals surface area contributed by atoms with Gasteiger partial charge in [0.2, 0.25) is 5.91 Å². The summed E-state index contributed by atoms with van der Waals surface area (Å²) in [6.45, 7) is 2.44.